The van der Waals surface area contributed by atoms with E-state index >= 15 is 0 Å². The summed E-state index contributed by atoms with van der Waals surface area (Å²) in [4.78, 5) is 19.1. The molecular weight excluding hydrogens is 362 g/mol. The van der Waals surface area contributed by atoms with Crippen molar-refractivity contribution in [3.8, 4) is 11.3 Å². The van der Waals surface area contributed by atoms with Gasteiger partial charge in [0.25, 0.3) is 0 Å². The summed E-state index contributed by atoms with van der Waals surface area (Å²) in [5.41, 5.74) is 3.18. The van der Waals surface area contributed by atoms with Crippen LogP contribution in [-0.4, -0.2) is 54.9 Å². The van der Waals surface area contributed by atoms with Crippen LogP contribution in [0.25, 0.3) is 11.3 Å². The van der Waals surface area contributed by atoms with Crippen LogP contribution in [0.3, 0.4) is 0 Å². The van der Waals surface area contributed by atoms with Crippen molar-refractivity contribution in [1.29, 1.82) is 0 Å². The highest BCUT2D eigenvalue weighted by Gasteiger charge is 2.30. The van der Waals surface area contributed by atoms with Crippen molar-refractivity contribution in [3.63, 3.8) is 0 Å². The zero-order valence-electron chi connectivity index (χ0n) is 15.5. The van der Waals surface area contributed by atoms with Crippen molar-refractivity contribution in [1.82, 2.24) is 9.88 Å². The van der Waals surface area contributed by atoms with E-state index in [9.17, 15) is 4.79 Å². The van der Waals surface area contributed by atoms with Crippen molar-refractivity contribution in [2.75, 3.05) is 38.2 Å². The molecule has 0 saturated carbocycles. The number of anilines is 1. The number of ether oxygens (including phenoxy) is 2. The van der Waals surface area contributed by atoms with Gasteiger partial charge in [-0.25, -0.2) is 4.98 Å². The first-order valence-electron chi connectivity index (χ1n) is 9.45. The molecular formula is C20H25N3O3S. The van der Waals surface area contributed by atoms with Crippen LogP contribution in [0.2, 0.25) is 0 Å². The first-order chi connectivity index (χ1) is 13.2. The Labute approximate surface area is 163 Å². The van der Waals surface area contributed by atoms with Crippen LogP contribution in [0.1, 0.15) is 18.4 Å². The summed E-state index contributed by atoms with van der Waals surface area (Å²) in [6, 6.07) is 8.24. The minimum Gasteiger partial charge on any atom is -0.350 e. The van der Waals surface area contributed by atoms with Crippen LogP contribution in [-0.2, 0) is 14.3 Å². The van der Waals surface area contributed by atoms with Crippen molar-refractivity contribution in [3.05, 3.63) is 35.2 Å². The number of piperidine rings is 1. The molecule has 2 fully saturated rings. The molecule has 0 spiro atoms. The second-order valence-corrected chi connectivity index (χ2v) is 8.03. The van der Waals surface area contributed by atoms with Crippen molar-refractivity contribution in [2.24, 2.45) is 5.92 Å². The summed E-state index contributed by atoms with van der Waals surface area (Å²) in [6.07, 6.45) is 1.97. The lowest BCUT2D eigenvalue weighted by molar-refractivity contribution is -0.119. The minimum absolute atomic E-state index is 0.00776. The fourth-order valence-corrected chi connectivity index (χ4v) is 4.32. The molecule has 2 aliphatic heterocycles. The van der Waals surface area contributed by atoms with Gasteiger partial charge in [-0.05, 0) is 32.9 Å². The van der Waals surface area contributed by atoms with Gasteiger partial charge < -0.3 is 14.8 Å². The molecule has 0 aliphatic carbocycles. The SMILES string of the molecule is Cc1ccc(-c2csc(NC(=O)CN3CCC(C4OCCO4)CC3)n2)cc1. The second kappa shape index (κ2) is 8.48. The van der Waals surface area contributed by atoms with Gasteiger partial charge in [0, 0.05) is 16.9 Å². The third-order valence-corrected chi connectivity index (χ3v) is 5.89. The molecule has 0 bridgehead atoms. The number of amides is 1. The number of carbonyl (C=O) groups is 1. The number of nitrogens with zero attached hydrogens (tertiary/aromatic N) is 2. The topological polar surface area (TPSA) is 63.7 Å². The highest BCUT2D eigenvalue weighted by atomic mass is 32.1. The molecule has 3 heterocycles. The van der Waals surface area contributed by atoms with E-state index < -0.39 is 0 Å². The molecule has 0 radical (unpaired) electrons. The van der Waals surface area contributed by atoms with E-state index in [2.05, 4.69) is 46.4 Å². The number of aromatic nitrogens is 1. The molecule has 0 atom stereocenters. The Hall–Kier alpha value is -1.80. The van der Waals surface area contributed by atoms with Gasteiger partial charge in [0.05, 0.1) is 25.5 Å². The number of aryl methyl sites for hydroxylation is 1. The maximum atomic E-state index is 12.4. The summed E-state index contributed by atoms with van der Waals surface area (Å²) in [5.74, 6) is 0.439. The number of hydrogen-bond acceptors (Lipinski definition) is 6. The first-order valence-corrected chi connectivity index (χ1v) is 10.3. The molecule has 1 amide bonds. The van der Waals surface area contributed by atoms with Gasteiger partial charge in [0.1, 0.15) is 0 Å². The highest BCUT2D eigenvalue weighted by molar-refractivity contribution is 7.14. The molecule has 1 N–H and O–H groups in total. The molecule has 1 aromatic heterocycles. The van der Waals surface area contributed by atoms with E-state index in [1.165, 1.54) is 16.9 Å². The lowest BCUT2D eigenvalue weighted by Crippen LogP contribution is -2.41. The quantitative estimate of drug-likeness (QED) is 0.854. The Kier molecular flexibility index (Phi) is 5.83. The number of benzene rings is 1. The van der Waals surface area contributed by atoms with E-state index in [0.29, 0.717) is 30.8 Å². The maximum absolute atomic E-state index is 12.4. The number of hydrogen-bond donors (Lipinski definition) is 1. The van der Waals surface area contributed by atoms with Gasteiger partial charge >= 0.3 is 0 Å². The number of likely N-dealkylation sites (tertiary alicyclic amines) is 1. The summed E-state index contributed by atoms with van der Waals surface area (Å²) < 4.78 is 11.2. The Balaban J connectivity index is 1.26. The maximum Gasteiger partial charge on any atom is 0.240 e. The van der Waals surface area contributed by atoms with Crippen molar-refractivity contribution >= 4 is 22.4 Å². The van der Waals surface area contributed by atoms with Gasteiger partial charge in [-0.15, -0.1) is 11.3 Å². The predicted octanol–water partition coefficient (Wildman–Crippen LogP) is 3.14. The van der Waals surface area contributed by atoms with E-state index in [4.69, 9.17) is 9.47 Å². The molecule has 27 heavy (non-hydrogen) atoms. The molecule has 2 saturated heterocycles. The van der Waals surface area contributed by atoms with Crippen molar-refractivity contribution < 1.29 is 14.3 Å². The minimum atomic E-state index is -0.0449. The normalized spacial score (nSPS) is 19.4. The van der Waals surface area contributed by atoms with Gasteiger partial charge in [-0.1, -0.05) is 29.8 Å². The summed E-state index contributed by atoms with van der Waals surface area (Å²) in [5, 5.41) is 5.57. The monoisotopic (exact) mass is 387 g/mol. The standard InChI is InChI=1S/C20H25N3O3S/c1-14-2-4-15(5-3-14)17-13-27-20(21-17)22-18(24)12-23-8-6-16(7-9-23)19-25-10-11-26-19/h2-5,13,16,19H,6-12H2,1H3,(H,21,22,24). The molecule has 2 aromatic rings. The van der Waals surface area contributed by atoms with Crippen molar-refractivity contribution in [2.45, 2.75) is 26.1 Å². The third-order valence-electron chi connectivity index (χ3n) is 5.13. The molecule has 4 rings (SSSR count). The van der Waals surface area contributed by atoms with Crippen LogP contribution in [0.5, 0.6) is 0 Å². The van der Waals surface area contributed by atoms with Crippen LogP contribution < -0.4 is 5.32 Å². The summed E-state index contributed by atoms with van der Waals surface area (Å²) in [6.45, 7) is 5.66. The fraction of sp³-hybridized carbons (Fsp3) is 0.500. The number of nitrogens with one attached hydrogen (secondary N) is 1. The summed E-state index contributed by atoms with van der Waals surface area (Å²) in [7, 11) is 0. The zero-order chi connectivity index (χ0) is 18.6. The number of rotatable bonds is 5. The van der Waals surface area contributed by atoms with Gasteiger partial charge in [-0.3, -0.25) is 9.69 Å². The van der Waals surface area contributed by atoms with Crippen LogP contribution in [0, 0.1) is 12.8 Å². The summed E-state index contributed by atoms with van der Waals surface area (Å²) >= 11 is 1.46. The largest absolute Gasteiger partial charge is 0.350 e. The fourth-order valence-electron chi connectivity index (χ4n) is 3.58. The predicted molar refractivity (Wildman–Crippen MR) is 106 cm³/mol. The molecule has 144 valence electrons. The van der Waals surface area contributed by atoms with Crippen LogP contribution in [0.15, 0.2) is 29.6 Å². The van der Waals surface area contributed by atoms with E-state index in [1.54, 1.807) is 0 Å². The smallest absolute Gasteiger partial charge is 0.240 e. The van der Waals surface area contributed by atoms with Gasteiger partial charge in [-0.2, -0.15) is 0 Å². The van der Waals surface area contributed by atoms with Gasteiger partial charge in [0.15, 0.2) is 11.4 Å². The molecule has 7 heteroatoms. The average molecular weight is 388 g/mol. The molecule has 1 aromatic carbocycles. The molecule has 2 aliphatic rings. The highest BCUT2D eigenvalue weighted by Crippen LogP contribution is 2.27. The number of thiazole rings is 1. The van der Waals surface area contributed by atoms with E-state index in [1.807, 2.05) is 5.38 Å². The Bertz CT molecular complexity index is 763. The molecule has 6 nitrogen and oxygen atoms in total. The van der Waals surface area contributed by atoms with Crippen LogP contribution >= 0.6 is 11.3 Å². The lowest BCUT2D eigenvalue weighted by atomic mass is 9.96. The van der Waals surface area contributed by atoms with E-state index in [-0.39, 0.29) is 12.2 Å². The first kappa shape index (κ1) is 18.6. The molecule has 0 unspecified atom stereocenters. The Morgan fingerprint density at radius 1 is 1.22 bits per heavy atom. The average Bonchev–Trinajstić information content (AvgIpc) is 3.35. The Morgan fingerprint density at radius 3 is 2.63 bits per heavy atom. The van der Waals surface area contributed by atoms with Crippen LogP contribution in [0.4, 0.5) is 5.13 Å². The van der Waals surface area contributed by atoms with E-state index in [0.717, 1.165) is 37.2 Å². The Morgan fingerprint density at radius 2 is 1.93 bits per heavy atom. The van der Waals surface area contributed by atoms with Gasteiger partial charge in [0.2, 0.25) is 5.91 Å². The zero-order valence-corrected chi connectivity index (χ0v) is 16.3. The third kappa shape index (κ3) is 4.73. The lowest BCUT2D eigenvalue weighted by Gasteiger charge is -2.33. The second-order valence-electron chi connectivity index (χ2n) is 7.18. The number of carbonyl (C=O) groups excluding carboxylic acids is 1.